The monoisotopic (exact) mass is 269 g/mol. The fourth-order valence-corrected chi connectivity index (χ4v) is 2.09. The van der Waals surface area contributed by atoms with E-state index >= 15 is 0 Å². The molecule has 2 aromatic rings. The summed E-state index contributed by atoms with van der Waals surface area (Å²) in [7, 11) is 1.58. The van der Waals surface area contributed by atoms with E-state index in [-0.39, 0.29) is 5.78 Å². The second-order valence-corrected chi connectivity index (χ2v) is 5.07. The number of benzene rings is 2. The lowest BCUT2D eigenvalue weighted by Crippen LogP contribution is -2.05. The van der Waals surface area contributed by atoms with Crippen molar-refractivity contribution in [3.63, 3.8) is 0 Å². The lowest BCUT2D eigenvalue weighted by molar-refractivity contribution is 0.103. The Kier molecular flexibility index (Phi) is 4.08. The van der Waals surface area contributed by atoms with E-state index in [1.807, 2.05) is 18.2 Å². The summed E-state index contributed by atoms with van der Waals surface area (Å²) in [5.41, 5.74) is 8.58. The molecular formula is C17H19NO2. The van der Waals surface area contributed by atoms with Crippen molar-refractivity contribution in [1.82, 2.24) is 0 Å². The number of ether oxygens (including phenoxy) is 1. The van der Waals surface area contributed by atoms with Crippen LogP contribution in [-0.4, -0.2) is 12.9 Å². The van der Waals surface area contributed by atoms with Gasteiger partial charge >= 0.3 is 0 Å². The minimum atomic E-state index is -0.0792. The molecule has 3 heteroatoms. The Morgan fingerprint density at radius 2 is 1.90 bits per heavy atom. The Labute approximate surface area is 119 Å². The molecular weight excluding hydrogens is 250 g/mol. The molecule has 0 fully saturated rings. The van der Waals surface area contributed by atoms with Crippen LogP contribution in [0.4, 0.5) is 5.69 Å². The highest BCUT2D eigenvalue weighted by atomic mass is 16.5. The van der Waals surface area contributed by atoms with Crippen molar-refractivity contribution in [3.8, 4) is 5.75 Å². The molecule has 0 saturated carbocycles. The summed E-state index contributed by atoms with van der Waals surface area (Å²) >= 11 is 0. The summed E-state index contributed by atoms with van der Waals surface area (Å²) in [4.78, 5) is 12.5. The van der Waals surface area contributed by atoms with E-state index in [0.29, 0.717) is 28.5 Å². The average Bonchev–Trinajstić information content (AvgIpc) is 2.45. The fourth-order valence-electron chi connectivity index (χ4n) is 2.09. The molecule has 0 unspecified atom stereocenters. The van der Waals surface area contributed by atoms with Gasteiger partial charge in [-0.3, -0.25) is 4.79 Å². The Morgan fingerprint density at radius 1 is 1.15 bits per heavy atom. The molecule has 0 amide bonds. The number of methoxy groups -OCH3 is 1. The highest BCUT2D eigenvalue weighted by Crippen LogP contribution is 2.27. The van der Waals surface area contributed by atoms with Gasteiger partial charge in [0.05, 0.1) is 12.7 Å². The number of nitrogen functional groups attached to an aromatic ring is 1. The van der Waals surface area contributed by atoms with E-state index in [1.165, 1.54) is 0 Å². The van der Waals surface area contributed by atoms with Gasteiger partial charge in [0.2, 0.25) is 0 Å². The number of hydrogen-bond acceptors (Lipinski definition) is 3. The molecule has 0 spiro atoms. The summed E-state index contributed by atoms with van der Waals surface area (Å²) in [6, 6.07) is 12.7. The maximum Gasteiger partial charge on any atom is 0.196 e. The molecule has 2 rings (SSSR count). The van der Waals surface area contributed by atoms with Crippen LogP contribution in [-0.2, 0) is 0 Å². The highest BCUT2D eigenvalue weighted by molar-refractivity contribution is 6.11. The Hall–Kier alpha value is -2.29. The number of anilines is 1. The molecule has 0 bridgehead atoms. The molecule has 3 nitrogen and oxygen atoms in total. The fraction of sp³-hybridized carbons (Fsp3) is 0.235. The van der Waals surface area contributed by atoms with Gasteiger partial charge < -0.3 is 10.5 Å². The first-order valence-corrected chi connectivity index (χ1v) is 6.61. The van der Waals surface area contributed by atoms with Gasteiger partial charge in [0.15, 0.2) is 5.78 Å². The van der Waals surface area contributed by atoms with Crippen LogP contribution >= 0.6 is 0 Å². The lowest BCUT2D eigenvalue weighted by atomic mass is 9.97. The largest absolute Gasteiger partial charge is 0.496 e. The zero-order chi connectivity index (χ0) is 14.7. The first-order chi connectivity index (χ1) is 9.52. The zero-order valence-corrected chi connectivity index (χ0v) is 12.0. The Balaban J connectivity index is 2.44. The molecule has 104 valence electrons. The number of carbonyl (C=O) groups excluding carboxylic acids is 1. The van der Waals surface area contributed by atoms with Gasteiger partial charge in [-0.15, -0.1) is 0 Å². The quantitative estimate of drug-likeness (QED) is 0.681. The van der Waals surface area contributed by atoms with E-state index < -0.39 is 0 Å². The maximum atomic E-state index is 12.5. The summed E-state index contributed by atoms with van der Waals surface area (Å²) in [6.45, 7) is 4.21. The molecule has 0 aliphatic heterocycles. The zero-order valence-electron chi connectivity index (χ0n) is 12.0. The van der Waals surface area contributed by atoms with Crippen LogP contribution in [0.15, 0.2) is 42.5 Å². The number of carbonyl (C=O) groups is 1. The van der Waals surface area contributed by atoms with Crippen LogP contribution in [0.25, 0.3) is 0 Å². The van der Waals surface area contributed by atoms with Crippen molar-refractivity contribution >= 4 is 11.5 Å². The van der Waals surface area contributed by atoms with Crippen LogP contribution in [0.2, 0.25) is 0 Å². The molecule has 0 heterocycles. The molecule has 2 aromatic carbocycles. The van der Waals surface area contributed by atoms with Crippen LogP contribution in [0.1, 0.15) is 41.3 Å². The summed E-state index contributed by atoms with van der Waals surface area (Å²) < 4.78 is 5.36. The van der Waals surface area contributed by atoms with Crippen molar-refractivity contribution in [2.24, 2.45) is 0 Å². The number of hydrogen-bond donors (Lipinski definition) is 1. The molecule has 0 aliphatic rings. The molecule has 0 saturated heterocycles. The van der Waals surface area contributed by atoms with Crippen molar-refractivity contribution in [3.05, 3.63) is 59.2 Å². The predicted octanol–water partition coefficient (Wildman–Crippen LogP) is 3.63. The van der Waals surface area contributed by atoms with E-state index in [4.69, 9.17) is 10.5 Å². The lowest BCUT2D eigenvalue weighted by Gasteiger charge is -2.12. The van der Waals surface area contributed by atoms with Gasteiger partial charge in [0.1, 0.15) is 5.75 Å². The minimum absolute atomic E-state index is 0.0792. The van der Waals surface area contributed by atoms with Crippen molar-refractivity contribution in [1.29, 1.82) is 0 Å². The van der Waals surface area contributed by atoms with Crippen LogP contribution in [0.3, 0.4) is 0 Å². The third-order valence-corrected chi connectivity index (χ3v) is 3.29. The van der Waals surface area contributed by atoms with Gasteiger partial charge in [-0.1, -0.05) is 32.0 Å². The first-order valence-electron chi connectivity index (χ1n) is 6.61. The molecule has 0 aliphatic carbocycles. The number of nitrogens with two attached hydrogens (primary N) is 1. The summed E-state index contributed by atoms with van der Waals surface area (Å²) in [5, 5.41) is 0. The third-order valence-electron chi connectivity index (χ3n) is 3.29. The molecule has 0 atom stereocenters. The summed E-state index contributed by atoms with van der Waals surface area (Å²) in [5.74, 6) is 0.911. The van der Waals surface area contributed by atoms with Gasteiger partial charge in [0.25, 0.3) is 0 Å². The predicted molar refractivity (Wildman–Crippen MR) is 81.4 cm³/mol. The van der Waals surface area contributed by atoms with Gasteiger partial charge in [-0.25, -0.2) is 0 Å². The van der Waals surface area contributed by atoms with Crippen molar-refractivity contribution < 1.29 is 9.53 Å². The third kappa shape index (κ3) is 2.82. The van der Waals surface area contributed by atoms with E-state index in [2.05, 4.69) is 13.8 Å². The molecule has 0 aromatic heterocycles. The van der Waals surface area contributed by atoms with Gasteiger partial charge in [0, 0.05) is 11.3 Å². The highest BCUT2D eigenvalue weighted by Gasteiger charge is 2.15. The Morgan fingerprint density at radius 3 is 2.50 bits per heavy atom. The number of ketones is 1. The Bertz CT molecular complexity index is 633. The van der Waals surface area contributed by atoms with Crippen LogP contribution in [0.5, 0.6) is 5.75 Å². The average molecular weight is 269 g/mol. The molecule has 2 N–H and O–H groups in total. The van der Waals surface area contributed by atoms with E-state index in [1.54, 1.807) is 31.4 Å². The van der Waals surface area contributed by atoms with Crippen LogP contribution in [0, 0.1) is 0 Å². The van der Waals surface area contributed by atoms with Crippen LogP contribution < -0.4 is 10.5 Å². The normalized spacial score (nSPS) is 10.6. The van der Waals surface area contributed by atoms with Gasteiger partial charge in [-0.05, 0) is 35.7 Å². The van der Waals surface area contributed by atoms with Gasteiger partial charge in [-0.2, -0.15) is 0 Å². The second-order valence-electron chi connectivity index (χ2n) is 5.07. The smallest absolute Gasteiger partial charge is 0.196 e. The topological polar surface area (TPSA) is 52.3 Å². The molecule has 0 radical (unpaired) electrons. The first kappa shape index (κ1) is 14.1. The van der Waals surface area contributed by atoms with Crippen molar-refractivity contribution in [2.45, 2.75) is 19.8 Å². The summed E-state index contributed by atoms with van der Waals surface area (Å²) in [6.07, 6.45) is 0. The van der Waals surface area contributed by atoms with E-state index in [9.17, 15) is 4.79 Å². The second kappa shape index (κ2) is 5.78. The standard InChI is InChI=1S/C17H19NO2/c1-11(2)12-7-8-15(16(10-12)20-3)17(19)13-5-4-6-14(18)9-13/h4-11H,18H2,1-3H3. The number of rotatable bonds is 4. The molecule has 20 heavy (non-hydrogen) atoms. The van der Waals surface area contributed by atoms with Crippen molar-refractivity contribution in [2.75, 3.05) is 12.8 Å². The van der Waals surface area contributed by atoms with E-state index in [0.717, 1.165) is 5.56 Å². The maximum absolute atomic E-state index is 12.5. The SMILES string of the molecule is COc1cc(C(C)C)ccc1C(=O)c1cccc(N)c1. The minimum Gasteiger partial charge on any atom is -0.496 e.